The Hall–Kier alpha value is -1.34. The Morgan fingerprint density at radius 1 is 1.53 bits per heavy atom. The van der Waals surface area contributed by atoms with Crippen LogP contribution in [-0.2, 0) is 10.2 Å². The normalized spacial score (nSPS) is 26.2. The molecule has 3 rings (SSSR count). The molecule has 6 nitrogen and oxygen atoms in total. The van der Waals surface area contributed by atoms with Gasteiger partial charge in [0, 0.05) is 19.8 Å². The Balaban J connectivity index is 2.19. The van der Waals surface area contributed by atoms with E-state index in [4.69, 9.17) is 4.74 Å². The molecule has 3 heterocycles. The van der Waals surface area contributed by atoms with Gasteiger partial charge in [-0.1, -0.05) is 0 Å². The summed E-state index contributed by atoms with van der Waals surface area (Å²) < 4.78 is 32.6. The van der Waals surface area contributed by atoms with E-state index in [9.17, 15) is 8.42 Å². The van der Waals surface area contributed by atoms with E-state index in [1.165, 1.54) is 8.61 Å². The molecule has 0 aliphatic carbocycles. The minimum atomic E-state index is -3.41. The first kappa shape index (κ1) is 10.8. The van der Waals surface area contributed by atoms with Gasteiger partial charge < -0.3 is 4.74 Å². The Bertz CT molecular complexity index is 572. The van der Waals surface area contributed by atoms with Gasteiger partial charge in [-0.2, -0.15) is 12.7 Å². The summed E-state index contributed by atoms with van der Waals surface area (Å²) in [6, 6.07) is 1.65. The van der Waals surface area contributed by atoms with Crippen molar-refractivity contribution < 1.29 is 13.2 Å². The zero-order valence-corrected chi connectivity index (χ0v) is 10.4. The minimum Gasteiger partial charge on any atom is -0.474 e. The highest BCUT2D eigenvalue weighted by Gasteiger charge is 2.46. The average molecular weight is 255 g/mol. The van der Waals surface area contributed by atoms with Crippen molar-refractivity contribution in [3.05, 3.63) is 17.8 Å². The number of nitrogens with zero attached hydrogens (tertiary/aromatic N) is 3. The second-order valence-electron chi connectivity index (χ2n) is 4.39. The number of pyridine rings is 1. The number of anilines is 1. The molecule has 0 amide bonds. The lowest BCUT2D eigenvalue weighted by Crippen LogP contribution is -2.42. The van der Waals surface area contributed by atoms with E-state index >= 15 is 0 Å². The van der Waals surface area contributed by atoms with Gasteiger partial charge in [0.2, 0.25) is 5.88 Å². The van der Waals surface area contributed by atoms with E-state index in [0.29, 0.717) is 24.7 Å². The molecule has 1 aromatic heterocycles. The topological polar surface area (TPSA) is 62.7 Å². The van der Waals surface area contributed by atoms with Crippen LogP contribution in [-0.4, -0.2) is 43.9 Å². The summed E-state index contributed by atoms with van der Waals surface area (Å²) in [5.41, 5.74) is 1.46. The molecule has 0 spiro atoms. The molecular weight excluding hydrogens is 242 g/mol. The molecule has 0 saturated carbocycles. The fourth-order valence-electron chi connectivity index (χ4n) is 2.23. The lowest BCUT2D eigenvalue weighted by Gasteiger charge is -2.30. The number of aromatic nitrogens is 1. The van der Waals surface area contributed by atoms with Gasteiger partial charge in [-0.25, -0.2) is 9.29 Å². The van der Waals surface area contributed by atoms with Crippen molar-refractivity contribution >= 4 is 15.9 Å². The highest BCUT2D eigenvalue weighted by molar-refractivity contribution is 7.90. The molecule has 1 atom stereocenters. The van der Waals surface area contributed by atoms with Crippen LogP contribution in [0.3, 0.4) is 0 Å². The Labute approximate surface area is 100.0 Å². The molecule has 2 aliphatic rings. The first-order chi connectivity index (χ1) is 8.00. The van der Waals surface area contributed by atoms with E-state index in [1.807, 2.05) is 6.92 Å². The zero-order valence-electron chi connectivity index (χ0n) is 9.62. The lowest BCUT2D eigenvalue weighted by molar-refractivity contribution is 0.261. The summed E-state index contributed by atoms with van der Waals surface area (Å²) in [4.78, 5) is 4.12. The Kier molecular flexibility index (Phi) is 2.11. The van der Waals surface area contributed by atoms with Crippen molar-refractivity contribution in [2.45, 2.75) is 13.0 Å². The number of hydrogen-bond donors (Lipinski definition) is 0. The van der Waals surface area contributed by atoms with Crippen LogP contribution in [0.2, 0.25) is 0 Å². The van der Waals surface area contributed by atoms with E-state index in [-0.39, 0.29) is 6.04 Å². The molecule has 17 heavy (non-hydrogen) atoms. The number of ether oxygens (including phenoxy) is 1. The molecule has 0 radical (unpaired) electrons. The molecule has 1 saturated heterocycles. The maximum Gasteiger partial charge on any atom is 0.304 e. The highest BCUT2D eigenvalue weighted by Crippen LogP contribution is 2.38. The Morgan fingerprint density at radius 3 is 3.06 bits per heavy atom. The second-order valence-corrected chi connectivity index (χ2v) is 6.30. The van der Waals surface area contributed by atoms with Gasteiger partial charge in [0.15, 0.2) is 0 Å². The molecule has 0 bridgehead atoms. The molecule has 0 aromatic carbocycles. The quantitative estimate of drug-likeness (QED) is 0.662. The number of aryl methyl sites for hydroxylation is 1. The average Bonchev–Trinajstić information content (AvgIpc) is 2.50. The van der Waals surface area contributed by atoms with Gasteiger partial charge in [0.1, 0.15) is 12.3 Å². The van der Waals surface area contributed by atoms with Crippen molar-refractivity contribution in [3.63, 3.8) is 0 Å². The van der Waals surface area contributed by atoms with E-state index in [1.54, 1.807) is 19.3 Å². The third-order valence-electron chi connectivity index (χ3n) is 3.06. The lowest BCUT2D eigenvalue weighted by atomic mass is 10.2. The Morgan fingerprint density at radius 2 is 2.29 bits per heavy atom. The number of fused-ring (bicyclic) bond motifs is 3. The van der Waals surface area contributed by atoms with E-state index in [0.717, 1.165) is 5.56 Å². The minimum absolute atomic E-state index is 0.152. The SMILES string of the molecule is Cc1cnc2c(c1)N1[C@H](CO2)CN(C)S1(=O)=O. The highest BCUT2D eigenvalue weighted by atomic mass is 32.2. The summed E-state index contributed by atoms with van der Waals surface area (Å²) in [6.45, 7) is 2.69. The molecule has 1 aromatic rings. The molecule has 92 valence electrons. The third-order valence-corrected chi connectivity index (χ3v) is 4.99. The second kappa shape index (κ2) is 3.33. The molecule has 0 unspecified atom stereocenters. The van der Waals surface area contributed by atoms with Crippen molar-refractivity contribution in [1.82, 2.24) is 9.29 Å². The molecule has 0 N–H and O–H groups in total. The standard InChI is InChI=1S/C10H13N3O3S/c1-7-3-9-10(11-4-7)16-6-8-5-12(2)17(14,15)13(8)9/h3-4,8H,5-6H2,1-2H3/t8-/m0/s1. The van der Waals surface area contributed by atoms with Crippen molar-refractivity contribution in [1.29, 1.82) is 0 Å². The number of likely N-dealkylation sites (N-methyl/N-ethyl adjacent to an activating group) is 1. The van der Waals surface area contributed by atoms with Crippen molar-refractivity contribution in [3.8, 4) is 5.88 Å². The zero-order chi connectivity index (χ0) is 12.2. The van der Waals surface area contributed by atoms with Crippen LogP contribution in [0.5, 0.6) is 5.88 Å². The predicted molar refractivity (Wildman–Crippen MR) is 62.3 cm³/mol. The number of rotatable bonds is 0. The third kappa shape index (κ3) is 1.42. The van der Waals surface area contributed by atoms with E-state index < -0.39 is 10.2 Å². The largest absolute Gasteiger partial charge is 0.474 e. The summed E-state index contributed by atoms with van der Waals surface area (Å²) in [5, 5.41) is 0. The summed E-state index contributed by atoms with van der Waals surface area (Å²) in [7, 11) is -1.83. The van der Waals surface area contributed by atoms with Crippen LogP contribution in [0.25, 0.3) is 0 Å². The van der Waals surface area contributed by atoms with E-state index in [2.05, 4.69) is 4.98 Å². The molecule has 1 fully saturated rings. The summed E-state index contributed by atoms with van der Waals surface area (Å²) >= 11 is 0. The van der Waals surface area contributed by atoms with Crippen LogP contribution in [0.15, 0.2) is 12.3 Å². The van der Waals surface area contributed by atoms with Crippen molar-refractivity contribution in [2.75, 3.05) is 24.5 Å². The maximum absolute atomic E-state index is 12.2. The summed E-state index contributed by atoms with van der Waals surface area (Å²) in [6.07, 6.45) is 1.67. The fraction of sp³-hybridized carbons (Fsp3) is 0.500. The summed E-state index contributed by atoms with van der Waals surface area (Å²) in [5.74, 6) is 0.394. The van der Waals surface area contributed by atoms with Crippen LogP contribution in [0.1, 0.15) is 5.56 Å². The van der Waals surface area contributed by atoms with Crippen LogP contribution in [0, 0.1) is 6.92 Å². The smallest absolute Gasteiger partial charge is 0.304 e. The van der Waals surface area contributed by atoms with Crippen molar-refractivity contribution in [2.24, 2.45) is 0 Å². The van der Waals surface area contributed by atoms with Gasteiger partial charge in [-0.15, -0.1) is 0 Å². The number of hydrogen-bond acceptors (Lipinski definition) is 4. The van der Waals surface area contributed by atoms with Crippen LogP contribution >= 0.6 is 0 Å². The molecular formula is C10H13N3O3S. The molecule has 7 heteroatoms. The molecule has 2 aliphatic heterocycles. The first-order valence-electron chi connectivity index (χ1n) is 5.35. The van der Waals surface area contributed by atoms with Gasteiger partial charge >= 0.3 is 10.2 Å². The van der Waals surface area contributed by atoms with Gasteiger partial charge in [-0.05, 0) is 18.6 Å². The van der Waals surface area contributed by atoms with Gasteiger partial charge in [0.25, 0.3) is 0 Å². The fourth-order valence-corrected chi connectivity index (χ4v) is 3.77. The monoisotopic (exact) mass is 255 g/mol. The van der Waals surface area contributed by atoms with Crippen LogP contribution in [0.4, 0.5) is 5.69 Å². The first-order valence-corrected chi connectivity index (χ1v) is 6.75. The van der Waals surface area contributed by atoms with Gasteiger partial charge in [-0.3, -0.25) is 0 Å². The predicted octanol–water partition coefficient (Wildman–Crippen LogP) is 0.148. The maximum atomic E-state index is 12.2. The van der Waals surface area contributed by atoms with Crippen LogP contribution < -0.4 is 9.04 Å². The van der Waals surface area contributed by atoms with Gasteiger partial charge in [0.05, 0.1) is 6.04 Å².